The Bertz CT molecular complexity index is 1310. The summed E-state index contributed by atoms with van der Waals surface area (Å²) >= 11 is 0. The number of hydrogen-bond acceptors (Lipinski definition) is 10. The third-order valence-corrected chi connectivity index (χ3v) is 6.59. The molecule has 0 radical (unpaired) electrons. The molecule has 3 rings (SSSR count). The maximum absolute atomic E-state index is 13.7. The molecule has 0 unspecified atom stereocenters. The highest BCUT2D eigenvalue weighted by atomic mass is 31.2. The lowest BCUT2D eigenvalue weighted by Gasteiger charge is -2.27. The zero-order valence-electron chi connectivity index (χ0n) is 20.1. The third-order valence-electron chi connectivity index (χ3n) is 4.90. The lowest BCUT2D eigenvalue weighted by Crippen LogP contribution is -2.38. The number of nitrogens with zero attached hydrogens (tertiary/aromatic N) is 1. The van der Waals surface area contributed by atoms with Crippen molar-refractivity contribution in [1.82, 2.24) is 14.6 Å². The molecule has 0 saturated heterocycles. The summed E-state index contributed by atoms with van der Waals surface area (Å²) in [6.45, 7) is 3.74. The first-order valence-electron chi connectivity index (χ1n) is 11.1. The minimum Gasteiger partial charge on any atom is -0.508 e. The number of H-pyrrole nitrogens is 1. The lowest BCUT2D eigenvalue weighted by atomic mass is 10.2. The number of ether oxygens (including phenoxy) is 2. The maximum Gasteiger partial charge on any atom is 0.460 e. The second-order valence-electron chi connectivity index (χ2n) is 8.25. The molecule has 15 heteroatoms. The summed E-state index contributed by atoms with van der Waals surface area (Å²) < 4.78 is 49.8. The van der Waals surface area contributed by atoms with Crippen molar-refractivity contribution in [1.29, 1.82) is 0 Å². The highest BCUT2D eigenvalue weighted by molar-refractivity contribution is 7.52. The van der Waals surface area contributed by atoms with Crippen molar-refractivity contribution in [3.63, 3.8) is 0 Å². The van der Waals surface area contributed by atoms with Crippen LogP contribution in [-0.2, 0) is 23.4 Å². The van der Waals surface area contributed by atoms with Crippen LogP contribution in [0.25, 0.3) is 0 Å². The molecule has 1 aromatic heterocycles. The van der Waals surface area contributed by atoms with Crippen LogP contribution in [0.1, 0.15) is 33.4 Å². The second kappa shape index (κ2) is 11.7. The molecule has 37 heavy (non-hydrogen) atoms. The van der Waals surface area contributed by atoms with Crippen LogP contribution in [0, 0.1) is 5.82 Å². The number of aliphatic hydroxyl groups is 2. The van der Waals surface area contributed by atoms with E-state index in [4.69, 9.17) is 18.5 Å². The number of esters is 1. The fourth-order valence-electron chi connectivity index (χ4n) is 3.27. The molecule has 13 nitrogen and oxygen atoms in total. The predicted molar refractivity (Wildman–Crippen MR) is 126 cm³/mol. The van der Waals surface area contributed by atoms with Gasteiger partial charge in [-0.3, -0.25) is 23.7 Å². The van der Waals surface area contributed by atoms with Crippen molar-refractivity contribution in [2.45, 2.75) is 51.7 Å². The zero-order valence-corrected chi connectivity index (χ0v) is 21.0. The van der Waals surface area contributed by atoms with E-state index in [0.29, 0.717) is 10.8 Å². The molecule has 1 aliphatic heterocycles. The van der Waals surface area contributed by atoms with E-state index in [-0.39, 0.29) is 12.2 Å². The number of halogens is 1. The molecule has 2 aromatic rings. The number of carbonyl (C=O) groups excluding carboxylic acids is 1. The van der Waals surface area contributed by atoms with Crippen molar-refractivity contribution in [3.8, 4) is 5.75 Å². The van der Waals surface area contributed by atoms with E-state index in [1.165, 1.54) is 19.1 Å². The number of aromatic amines is 1. The minimum atomic E-state index is -4.47. The number of aromatic nitrogens is 2. The van der Waals surface area contributed by atoms with Gasteiger partial charge in [0.25, 0.3) is 5.56 Å². The van der Waals surface area contributed by atoms with E-state index in [9.17, 15) is 33.6 Å². The summed E-state index contributed by atoms with van der Waals surface area (Å²) in [7, 11) is -4.47. The average Bonchev–Trinajstić information content (AvgIpc) is 3.21. The number of aliphatic hydroxyl groups excluding tert-OH is 2. The smallest absolute Gasteiger partial charge is 0.460 e. The van der Waals surface area contributed by atoms with Crippen molar-refractivity contribution in [3.05, 3.63) is 74.7 Å². The molecular formula is C22H27FN3O10P. The van der Waals surface area contributed by atoms with Crippen LogP contribution < -0.4 is 20.9 Å². The molecule has 202 valence electrons. The van der Waals surface area contributed by atoms with Gasteiger partial charge in [0.05, 0.1) is 25.3 Å². The van der Waals surface area contributed by atoms with Crippen LogP contribution in [0.5, 0.6) is 5.75 Å². The standard InChI is InChI=1S/C22H27FN3O10P/c1-12(2)33-21(30)13(3)25-37(32,35-14-7-5-4-6-8-14)36-17(11-27)19-16(28)9-18(34-19)26-10-15(23)20(29)24-22(26)31/h4-8,10,12-13,17-18,27-28H,9,11H2,1-3H3,(H,25,32)(H,24,29,31)/t13-,17+,18+,37-/m0/s1. The van der Waals surface area contributed by atoms with Gasteiger partial charge in [0, 0.05) is 0 Å². The van der Waals surface area contributed by atoms with Crippen molar-refractivity contribution < 1.29 is 42.5 Å². The first-order chi connectivity index (χ1) is 17.4. The number of para-hydroxylation sites is 1. The minimum absolute atomic E-state index is 0.0955. The number of hydrogen-bond donors (Lipinski definition) is 4. The maximum atomic E-state index is 13.7. The summed E-state index contributed by atoms with van der Waals surface area (Å²) in [5.41, 5.74) is -2.24. The first-order valence-corrected chi connectivity index (χ1v) is 12.7. The van der Waals surface area contributed by atoms with Crippen LogP contribution >= 0.6 is 7.75 Å². The second-order valence-corrected chi connectivity index (χ2v) is 9.89. The fourth-order valence-corrected chi connectivity index (χ4v) is 4.90. The van der Waals surface area contributed by atoms with Crippen LogP contribution in [0.3, 0.4) is 0 Å². The molecule has 0 saturated carbocycles. The summed E-state index contributed by atoms with van der Waals surface area (Å²) in [6, 6.07) is 6.64. The van der Waals surface area contributed by atoms with E-state index < -0.39 is 73.4 Å². The molecular weight excluding hydrogens is 516 g/mol. The molecule has 1 aromatic carbocycles. The molecule has 0 fully saturated rings. The van der Waals surface area contributed by atoms with Gasteiger partial charge in [-0.05, 0) is 32.9 Å². The summed E-state index contributed by atoms with van der Waals surface area (Å²) in [6.07, 6.45) is -3.14. The van der Waals surface area contributed by atoms with Gasteiger partial charge in [0.15, 0.2) is 18.1 Å². The molecule has 0 bridgehead atoms. The van der Waals surface area contributed by atoms with Gasteiger partial charge < -0.3 is 24.2 Å². The van der Waals surface area contributed by atoms with Crippen molar-refractivity contribution in [2.24, 2.45) is 0 Å². The first kappa shape index (κ1) is 28.1. The zero-order chi connectivity index (χ0) is 27.3. The van der Waals surface area contributed by atoms with Gasteiger partial charge in [0.2, 0.25) is 5.82 Å². The normalized spacial score (nSPS) is 18.7. The molecule has 4 N–H and O–H groups in total. The monoisotopic (exact) mass is 543 g/mol. The third kappa shape index (κ3) is 7.07. The Balaban J connectivity index is 1.86. The lowest BCUT2D eigenvalue weighted by molar-refractivity contribution is -0.149. The number of rotatable bonds is 11. The van der Waals surface area contributed by atoms with E-state index in [1.54, 1.807) is 37.0 Å². The highest BCUT2D eigenvalue weighted by Gasteiger charge is 2.40. The Morgan fingerprint density at radius 3 is 2.59 bits per heavy atom. The topological polar surface area (TPSA) is 178 Å². The molecule has 1 aliphatic rings. The van der Waals surface area contributed by atoms with Gasteiger partial charge in [-0.15, -0.1) is 0 Å². The number of nitrogens with one attached hydrogen (secondary N) is 2. The molecule has 0 amide bonds. The van der Waals surface area contributed by atoms with E-state index in [2.05, 4.69) is 5.09 Å². The van der Waals surface area contributed by atoms with Crippen LogP contribution in [0.4, 0.5) is 4.39 Å². The average molecular weight is 543 g/mol. The van der Waals surface area contributed by atoms with Gasteiger partial charge >= 0.3 is 19.4 Å². The summed E-state index contributed by atoms with van der Waals surface area (Å²) in [5, 5.41) is 22.9. The summed E-state index contributed by atoms with van der Waals surface area (Å²) in [4.78, 5) is 37.5. The Labute approximate surface area is 210 Å². The molecule has 2 heterocycles. The van der Waals surface area contributed by atoms with E-state index in [0.717, 1.165) is 0 Å². The molecule has 4 atom stereocenters. The fraction of sp³-hybridized carbons (Fsp3) is 0.409. The number of benzene rings is 1. The van der Waals surface area contributed by atoms with Gasteiger partial charge in [-0.2, -0.15) is 9.48 Å². The van der Waals surface area contributed by atoms with E-state index >= 15 is 0 Å². The van der Waals surface area contributed by atoms with Crippen molar-refractivity contribution in [2.75, 3.05) is 6.61 Å². The van der Waals surface area contributed by atoms with E-state index in [1.807, 2.05) is 0 Å². The Morgan fingerprint density at radius 1 is 1.30 bits per heavy atom. The van der Waals surface area contributed by atoms with Crippen LogP contribution in [0.2, 0.25) is 0 Å². The van der Waals surface area contributed by atoms with Gasteiger partial charge in [-0.25, -0.2) is 9.36 Å². The molecule has 0 spiro atoms. The quantitative estimate of drug-likeness (QED) is 0.240. The van der Waals surface area contributed by atoms with Crippen molar-refractivity contribution >= 4 is 13.7 Å². The van der Waals surface area contributed by atoms with Crippen LogP contribution in [0.15, 0.2) is 57.6 Å². The largest absolute Gasteiger partial charge is 0.508 e. The highest BCUT2D eigenvalue weighted by Crippen LogP contribution is 2.48. The SMILES string of the molecule is CC(C)OC(=O)[C@H](C)N[P@](=O)(Oc1ccccc1)O[C@H](CO)C1=C(O)C[C@H](n2cc(F)c(=O)[nH]c2=O)O1. The van der Waals surface area contributed by atoms with Gasteiger partial charge in [0.1, 0.15) is 17.6 Å². The Kier molecular flexibility index (Phi) is 8.92. The molecule has 0 aliphatic carbocycles. The Morgan fingerprint density at radius 2 is 1.97 bits per heavy atom. The predicted octanol–water partition coefficient (Wildman–Crippen LogP) is 1.86. The van der Waals surface area contributed by atoms with Gasteiger partial charge in [-0.1, -0.05) is 18.2 Å². The number of carbonyl (C=O) groups is 1. The Hall–Kier alpha value is -3.45. The van der Waals surface area contributed by atoms with Crippen LogP contribution in [-0.4, -0.2) is 50.6 Å². The summed E-state index contributed by atoms with van der Waals surface area (Å²) in [5.74, 6) is -2.84.